The Kier molecular flexibility index (Phi) is 8.29. The lowest BCUT2D eigenvalue weighted by Crippen LogP contribution is -2.38. The smallest absolute Gasteiger partial charge is 0.317 e. The predicted octanol–water partition coefficient (Wildman–Crippen LogP) is 4.00. The highest BCUT2D eigenvalue weighted by molar-refractivity contribution is 6.05. The number of hydrogen-bond donors (Lipinski definition) is 1. The summed E-state index contributed by atoms with van der Waals surface area (Å²) in [5.41, 5.74) is 2.56. The van der Waals surface area contributed by atoms with E-state index in [1.54, 1.807) is 13.8 Å². The predicted molar refractivity (Wildman–Crippen MR) is 103 cm³/mol. The minimum atomic E-state index is -0.819. The second kappa shape index (κ2) is 9.94. The number of amides is 1. The van der Waals surface area contributed by atoms with Crippen LogP contribution in [-0.4, -0.2) is 30.8 Å². The molecule has 0 spiro atoms. The maximum absolute atomic E-state index is 12.3. The monoisotopic (exact) mass is 362 g/mol. The van der Waals surface area contributed by atoms with Gasteiger partial charge in [0.1, 0.15) is 5.41 Å². The van der Waals surface area contributed by atoms with Crippen LogP contribution in [0.1, 0.15) is 51.7 Å². The Labute approximate surface area is 155 Å². The quantitative estimate of drug-likeness (QED) is 0.409. The highest BCUT2D eigenvalue weighted by Gasteiger charge is 2.40. The number of carbonyl (C=O) groups excluding carboxylic acids is 2. The first-order valence-electron chi connectivity index (χ1n) is 9.01. The fourth-order valence-corrected chi connectivity index (χ4v) is 2.99. The molecule has 26 heavy (non-hydrogen) atoms. The number of ether oxygens (including phenoxy) is 1. The molecule has 0 atom stereocenters. The molecule has 1 N–H and O–H groups in total. The normalized spacial score (nSPS) is 11.8. The number of carbonyl (C=O) groups is 2. The molecule has 1 amide bonds. The van der Waals surface area contributed by atoms with Crippen LogP contribution in [0.4, 0.5) is 5.69 Å². The molecule has 1 aromatic rings. The van der Waals surface area contributed by atoms with E-state index < -0.39 is 5.41 Å². The summed E-state index contributed by atoms with van der Waals surface area (Å²) in [6.07, 6.45) is 1.10. The van der Waals surface area contributed by atoms with Gasteiger partial charge in [0.2, 0.25) is 0 Å². The van der Waals surface area contributed by atoms with Crippen molar-refractivity contribution in [3.63, 3.8) is 0 Å². The van der Waals surface area contributed by atoms with Gasteiger partial charge in [0.05, 0.1) is 12.3 Å². The van der Waals surface area contributed by atoms with Gasteiger partial charge < -0.3 is 14.9 Å². The van der Waals surface area contributed by atoms with Crippen molar-refractivity contribution in [2.45, 2.75) is 54.4 Å². The molecule has 1 aromatic carbocycles. The van der Waals surface area contributed by atoms with Gasteiger partial charge in [-0.15, -0.1) is 0 Å². The SMILES string of the molecule is CCOC(=O)C(CC)(CC)/C(C)=N/OCC(=O)Nc1cc(C)cc(C)c1. The van der Waals surface area contributed by atoms with Crippen molar-refractivity contribution < 1.29 is 19.2 Å². The first-order valence-corrected chi connectivity index (χ1v) is 9.01. The van der Waals surface area contributed by atoms with Gasteiger partial charge in [0.15, 0.2) is 6.61 Å². The summed E-state index contributed by atoms with van der Waals surface area (Å²) in [5, 5.41) is 6.80. The second-order valence-electron chi connectivity index (χ2n) is 6.38. The summed E-state index contributed by atoms with van der Waals surface area (Å²) < 4.78 is 5.18. The van der Waals surface area contributed by atoms with E-state index in [1.165, 1.54) is 0 Å². The Morgan fingerprint density at radius 1 is 1.08 bits per heavy atom. The number of anilines is 1. The lowest BCUT2D eigenvalue weighted by Gasteiger charge is -2.28. The van der Waals surface area contributed by atoms with Crippen LogP contribution in [0.25, 0.3) is 0 Å². The zero-order valence-corrected chi connectivity index (χ0v) is 16.6. The lowest BCUT2D eigenvalue weighted by molar-refractivity contribution is -0.151. The van der Waals surface area contributed by atoms with Gasteiger partial charge in [0.25, 0.3) is 5.91 Å². The maximum atomic E-state index is 12.3. The van der Waals surface area contributed by atoms with E-state index in [0.29, 0.717) is 25.2 Å². The zero-order valence-electron chi connectivity index (χ0n) is 16.6. The average Bonchev–Trinajstić information content (AvgIpc) is 2.55. The number of rotatable bonds is 9. The summed E-state index contributed by atoms with van der Waals surface area (Å²) in [6.45, 7) is 11.3. The summed E-state index contributed by atoms with van der Waals surface area (Å²) >= 11 is 0. The van der Waals surface area contributed by atoms with Gasteiger partial charge in [-0.2, -0.15) is 0 Å². The Hall–Kier alpha value is -2.37. The fraction of sp³-hybridized carbons (Fsp3) is 0.550. The van der Waals surface area contributed by atoms with E-state index in [2.05, 4.69) is 10.5 Å². The van der Waals surface area contributed by atoms with Crippen molar-refractivity contribution >= 4 is 23.3 Å². The van der Waals surface area contributed by atoms with Crippen molar-refractivity contribution in [3.05, 3.63) is 29.3 Å². The molecule has 0 bridgehead atoms. The van der Waals surface area contributed by atoms with E-state index in [0.717, 1.165) is 16.8 Å². The van der Waals surface area contributed by atoms with Gasteiger partial charge in [-0.1, -0.05) is 25.1 Å². The van der Waals surface area contributed by atoms with Gasteiger partial charge in [-0.3, -0.25) is 9.59 Å². The van der Waals surface area contributed by atoms with E-state index in [1.807, 2.05) is 45.9 Å². The highest BCUT2D eigenvalue weighted by Crippen LogP contribution is 2.30. The van der Waals surface area contributed by atoms with Gasteiger partial charge in [-0.25, -0.2) is 0 Å². The Morgan fingerprint density at radius 2 is 1.65 bits per heavy atom. The molecule has 1 rings (SSSR count). The maximum Gasteiger partial charge on any atom is 0.317 e. The third-order valence-electron chi connectivity index (χ3n) is 4.47. The number of oxime groups is 1. The number of nitrogens with one attached hydrogen (secondary N) is 1. The number of benzene rings is 1. The van der Waals surface area contributed by atoms with Gasteiger partial charge >= 0.3 is 5.97 Å². The Balaban J connectivity index is 2.72. The summed E-state index contributed by atoms with van der Waals surface area (Å²) in [7, 11) is 0. The fourth-order valence-electron chi connectivity index (χ4n) is 2.99. The number of hydrogen-bond acceptors (Lipinski definition) is 5. The topological polar surface area (TPSA) is 77.0 Å². The number of esters is 1. The minimum absolute atomic E-state index is 0.226. The summed E-state index contributed by atoms with van der Waals surface area (Å²) in [4.78, 5) is 29.6. The van der Waals surface area contributed by atoms with Crippen LogP contribution in [0, 0.1) is 19.3 Å². The van der Waals surface area contributed by atoms with Crippen molar-refractivity contribution in [3.8, 4) is 0 Å². The number of nitrogens with zero attached hydrogens (tertiary/aromatic N) is 1. The highest BCUT2D eigenvalue weighted by atomic mass is 16.6. The van der Waals surface area contributed by atoms with Crippen LogP contribution in [-0.2, 0) is 19.2 Å². The van der Waals surface area contributed by atoms with Crippen molar-refractivity contribution in [1.29, 1.82) is 0 Å². The van der Waals surface area contributed by atoms with E-state index in [4.69, 9.17) is 9.57 Å². The molecule has 144 valence electrons. The lowest BCUT2D eigenvalue weighted by atomic mass is 9.78. The standard InChI is InChI=1S/C20H30N2O4/c1-7-20(8-2,19(24)25-9-3)16(6)22-26-13-18(23)21-17-11-14(4)10-15(5)12-17/h10-12H,7-9,13H2,1-6H3,(H,21,23)/b22-16+. The number of aryl methyl sites for hydroxylation is 2. The Morgan fingerprint density at radius 3 is 2.15 bits per heavy atom. The summed E-state index contributed by atoms with van der Waals surface area (Å²) in [5.74, 6) is -0.615. The molecule has 6 heteroatoms. The van der Waals surface area contributed by atoms with Gasteiger partial charge in [0, 0.05) is 5.69 Å². The molecule has 0 radical (unpaired) electrons. The van der Waals surface area contributed by atoms with Crippen LogP contribution in [0.15, 0.2) is 23.4 Å². The van der Waals surface area contributed by atoms with Crippen molar-refractivity contribution in [1.82, 2.24) is 0 Å². The third-order valence-corrected chi connectivity index (χ3v) is 4.47. The average molecular weight is 362 g/mol. The van der Waals surface area contributed by atoms with Crippen molar-refractivity contribution in [2.75, 3.05) is 18.5 Å². The van der Waals surface area contributed by atoms with E-state index >= 15 is 0 Å². The molecule has 0 unspecified atom stereocenters. The second-order valence-corrected chi connectivity index (χ2v) is 6.38. The van der Waals surface area contributed by atoms with Crippen LogP contribution < -0.4 is 5.32 Å². The molecule has 0 fully saturated rings. The van der Waals surface area contributed by atoms with Crippen molar-refractivity contribution in [2.24, 2.45) is 10.6 Å². The van der Waals surface area contributed by atoms with Crippen LogP contribution in [0.3, 0.4) is 0 Å². The molecular weight excluding hydrogens is 332 g/mol. The van der Waals surface area contributed by atoms with Gasteiger partial charge in [-0.05, 0) is 63.8 Å². The molecule has 0 heterocycles. The zero-order chi connectivity index (χ0) is 19.7. The Bertz CT molecular complexity index is 644. The summed E-state index contributed by atoms with van der Waals surface area (Å²) in [6, 6.07) is 5.81. The molecule has 0 aliphatic rings. The minimum Gasteiger partial charge on any atom is -0.465 e. The van der Waals surface area contributed by atoms with Crippen LogP contribution >= 0.6 is 0 Å². The van der Waals surface area contributed by atoms with E-state index in [9.17, 15) is 9.59 Å². The van der Waals surface area contributed by atoms with Crippen LogP contribution in [0.2, 0.25) is 0 Å². The third kappa shape index (κ3) is 5.58. The largest absolute Gasteiger partial charge is 0.465 e. The van der Waals surface area contributed by atoms with E-state index in [-0.39, 0.29) is 18.5 Å². The molecular formula is C20H30N2O4. The molecule has 0 saturated heterocycles. The molecule has 0 aromatic heterocycles. The first kappa shape index (κ1) is 21.7. The molecule has 0 saturated carbocycles. The van der Waals surface area contributed by atoms with Crippen LogP contribution in [0.5, 0.6) is 0 Å². The first-order chi connectivity index (χ1) is 12.3. The molecule has 0 aliphatic carbocycles. The molecule has 0 aliphatic heterocycles. The molecule has 6 nitrogen and oxygen atoms in total.